The lowest BCUT2D eigenvalue weighted by molar-refractivity contribution is -0.127. The van der Waals surface area contributed by atoms with E-state index in [9.17, 15) is 13.2 Å². The summed E-state index contributed by atoms with van der Waals surface area (Å²) in [6, 6.07) is 5.53. The molecule has 1 saturated heterocycles. The molecule has 1 fully saturated rings. The van der Waals surface area contributed by atoms with Crippen LogP contribution in [0.2, 0.25) is 0 Å². The molecule has 0 saturated carbocycles. The van der Waals surface area contributed by atoms with Gasteiger partial charge in [0, 0.05) is 25.0 Å². The van der Waals surface area contributed by atoms with Gasteiger partial charge in [0.1, 0.15) is 0 Å². The largest absolute Gasteiger partial charge is 0.353 e. The van der Waals surface area contributed by atoms with E-state index >= 15 is 0 Å². The molecular formula is C19H30N2O3S. The Morgan fingerprint density at radius 1 is 1.16 bits per heavy atom. The zero-order valence-electron chi connectivity index (χ0n) is 15.9. The molecule has 0 aliphatic carbocycles. The Morgan fingerprint density at radius 3 is 2.28 bits per heavy atom. The summed E-state index contributed by atoms with van der Waals surface area (Å²) < 4.78 is 27.3. The van der Waals surface area contributed by atoms with Gasteiger partial charge in [-0.1, -0.05) is 31.5 Å². The Hall–Kier alpha value is -1.40. The van der Waals surface area contributed by atoms with Crippen molar-refractivity contribution in [2.24, 2.45) is 11.8 Å². The molecule has 1 aromatic carbocycles. The van der Waals surface area contributed by atoms with Crippen LogP contribution in [0.5, 0.6) is 0 Å². The fraction of sp³-hybridized carbons (Fsp3) is 0.632. The molecule has 0 aromatic heterocycles. The molecule has 1 unspecified atom stereocenters. The first kappa shape index (κ1) is 19.9. The fourth-order valence-corrected chi connectivity index (χ4v) is 4.77. The van der Waals surface area contributed by atoms with Gasteiger partial charge in [-0.15, -0.1) is 0 Å². The van der Waals surface area contributed by atoms with Gasteiger partial charge in [0.15, 0.2) is 0 Å². The summed E-state index contributed by atoms with van der Waals surface area (Å²) in [6.45, 7) is 10.7. The molecule has 1 N–H and O–H groups in total. The van der Waals surface area contributed by atoms with Gasteiger partial charge >= 0.3 is 0 Å². The summed E-state index contributed by atoms with van der Waals surface area (Å²) in [5.74, 6) is 0.324. The van der Waals surface area contributed by atoms with Gasteiger partial charge in [0.05, 0.1) is 4.90 Å². The standard InChI is InChI=1S/C19H30N2O3S/c1-13(2)16(5)20-19(22)17-8-10-21(11-9-17)25(23,24)18-7-6-14(3)12-15(18)4/h6-7,12-13,16-17H,8-11H2,1-5H3,(H,20,22). The molecule has 0 bridgehead atoms. The quantitative estimate of drug-likeness (QED) is 0.871. The van der Waals surface area contributed by atoms with Crippen molar-refractivity contribution < 1.29 is 13.2 Å². The third-order valence-electron chi connectivity index (χ3n) is 5.14. The van der Waals surface area contributed by atoms with Gasteiger partial charge in [-0.25, -0.2) is 8.42 Å². The van der Waals surface area contributed by atoms with Crippen molar-refractivity contribution in [3.63, 3.8) is 0 Å². The second-order valence-corrected chi connectivity index (χ2v) is 9.39. The Labute approximate surface area is 151 Å². The first-order valence-electron chi connectivity index (χ1n) is 9.00. The summed E-state index contributed by atoms with van der Waals surface area (Å²) in [4.78, 5) is 12.7. The molecule has 1 aliphatic heterocycles. The summed E-state index contributed by atoms with van der Waals surface area (Å²) >= 11 is 0. The highest BCUT2D eigenvalue weighted by Gasteiger charge is 2.33. The predicted molar refractivity (Wildman–Crippen MR) is 99.8 cm³/mol. The zero-order valence-corrected chi connectivity index (χ0v) is 16.7. The van der Waals surface area contributed by atoms with E-state index in [4.69, 9.17) is 0 Å². The van der Waals surface area contributed by atoms with E-state index < -0.39 is 10.0 Å². The third kappa shape index (κ3) is 4.61. The number of rotatable bonds is 5. The normalized spacial score (nSPS) is 18.3. The average Bonchev–Trinajstić information content (AvgIpc) is 2.54. The Balaban J connectivity index is 2.02. The number of carbonyl (C=O) groups excluding carboxylic acids is 1. The van der Waals surface area contributed by atoms with Crippen LogP contribution >= 0.6 is 0 Å². The molecule has 0 radical (unpaired) electrons. The molecule has 1 amide bonds. The van der Waals surface area contributed by atoms with E-state index in [1.165, 1.54) is 4.31 Å². The van der Waals surface area contributed by atoms with Crippen molar-refractivity contribution in [3.05, 3.63) is 29.3 Å². The molecule has 1 atom stereocenters. The van der Waals surface area contributed by atoms with E-state index in [0.717, 1.165) is 11.1 Å². The van der Waals surface area contributed by atoms with E-state index in [-0.39, 0.29) is 17.9 Å². The van der Waals surface area contributed by atoms with Crippen LogP contribution in [0.1, 0.15) is 44.7 Å². The highest BCUT2D eigenvalue weighted by molar-refractivity contribution is 7.89. The molecular weight excluding hydrogens is 336 g/mol. The maximum Gasteiger partial charge on any atom is 0.243 e. The number of benzene rings is 1. The van der Waals surface area contributed by atoms with Crippen LogP contribution in [0, 0.1) is 25.7 Å². The maximum atomic E-state index is 12.9. The smallest absolute Gasteiger partial charge is 0.243 e. The van der Waals surface area contributed by atoms with Crippen molar-refractivity contribution in [3.8, 4) is 0 Å². The van der Waals surface area contributed by atoms with Crippen LogP contribution in [0.3, 0.4) is 0 Å². The lowest BCUT2D eigenvalue weighted by Crippen LogP contribution is -2.45. The van der Waals surface area contributed by atoms with Crippen molar-refractivity contribution in [1.29, 1.82) is 0 Å². The Bertz CT molecular complexity index is 720. The van der Waals surface area contributed by atoms with Crippen LogP contribution < -0.4 is 5.32 Å². The van der Waals surface area contributed by atoms with Crippen LogP contribution in [0.4, 0.5) is 0 Å². The highest BCUT2D eigenvalue weighted by Crippen LogP contribution is 2.26. The minimum Gasteiger partial charge on any atom is -0.353 e. The van der Waals surface area contributed by atoms with Crippen LogP contribution in [-0.4, -0.2) is 37.8 Å². The van der Waals surface area contributed by atoms with Crippen molar-refractivity contribution >= 4 is 15.9 Å². The van der Waals surface area contributed by atoms with Crippen LogP contribution in [0.15, 0.2) is 23.1 Å². The summed E-state index contributed by atoms with van der Waals surface area (Å²) in [7, 11) is -3.49. The Kier molecular flexibility index (Phi) is 6.27. The van der Waals surface area contributed by atoms with Crippen molar-refractivity contribution in [2.75, 3.05) is 13.1 Å². The number of hydrogen-bond acceptors (Lipinski definition) is 3. The minimum atomic E-state index is -3.49. The van der Waals surface area contributed by atoms with E-state index in [0.29, 0.717) is 36.7 Å². The SMILES string of the molecule is Cc1ccc(S(=O)(=O)N2CCC(C(=O)NC(C)C(C)C)CC2)c(C)c1. The van der Waals surface area contributed by atoms with Gasteiger partial charge in [0.2, 0.25) is 15.9 Å². The zero-order chi connectivity index (χ0) is 18.8. The number of piperidine rings is 1. The molecule has 6 heteroatoms. The van der Waals surface area contributed by atoms with E-state index in [2.05, 4.69) is 19.2 Å². The fourth-order valence-electron chi connectivity index (χ4n) is 3.10. The molecule has 2 rings (SSSR count). The van der Waals surface area contributed by atoms with Gasteiger partial charge in [-0.3, -0.25) is 4.79 Å². The van der Waals surface area contributed by atoms with Crippen LogP contribution in [0.25, 0.3) is 0 Å². The number of nitrogens with zero attached hydrogens (tertiary/aromatic N) is 1. The molecule has 1 aliphatic rings. The number of amides is 1. The van der Waals surface area contributed by atoms with Crippen molar-refractivity contribution in [2.45, 2.75) is 58.4 Å². The van der Waals surface area contributed by atoms with E-state index in [1.807, 2.05) is 32.9 Å². The predicted octanol–water partition coefficient (Wildman–Crippen LogP) is 2.86. The maximum absolute atomic E-state index is 12.9. The molecule has 140 valence electrons. The average molecular weight is 367 g/mol. The number of sulfonamides is 1. The lowest BCUT2D eigenvalue weighted by atomic mass is 9.96. The monoisotopic (exact) mass is 366 g/mol. The Morgan fingerprint density at radius 2 is 1.76 bits per heavy atom. The van der Waals surface area contributed by atoms with Gasteiger partial charge in [0.25, 0.3) is 0 Å². The van der Waals surface area contributed by atoms with Crippen LogP contribution in [-0.2, 0) is 14.8 Å². The summed E-state index contributed by atoms with van der Waals surface area (Å²) in [6.07, 6.45) is 1.14. The summed E-state index contributed by atoms with van der Waals surface area (Å²) in [5.41, 5.74) is 1.82. The number of carbonyl (C=O) groups is 1. The topological polar surface area (TPSA) is 66.5 Å². The summed E-state index contributed by atoms with van der Waals surface area (Å²) in [5, 5.41) is 3.04. The van der Waals surface area contributed by atoms with Crippen molar-refractivity contribution in [1.82, 2.24) is 9.62 Å². The number of nitrogens with one attached hydrogen (secondary N) is 1. The number of aryl methyl sites for hydroxylation is 2. The second-order valence-electron chi connectivity index (χ2n) is 7.49. The highest BCUT2D eigenvalue weighted by atomic mass is 32.2. The molecule has 1 aromatic rings. The lowest BCUT2D eigenvalue weighted by Gasteiger charge is -2.32. The molecule has 5 nitrogen and oxygen atoms in total. The van der Waals surface area contributed by atoms with Gasteiger partial charge < -0.3 is 5.32 Å². The number of hydrogen-bond donors (Lipinski definition) is 1. The molecule has 0 spiro atoms. The molecule has 1 heterocycles. The van der Waals surface area contributed by atoms with Gasteiger partial charge in [-0.05, 0) is 51.2 Å². The molecule has 25 heavy (non-hydrogen) atoms. The third-order valence-corrected chi connectivity index (χ3v) is 7.20. The minimum absolute atomic E-state index is 0.0461. The first-order valence-corrected chi connectivity index (χ1v) is 10.4. The first-order chi connectivity index (χ1) is 11.6. The second kappa shape index (κ2) is 7.87. The van der Waals surface area contributed by atoms with Gasteiger partial charge in [-0.2, -0.15) is 4.31 Å². The van der Waals surface area contributed by atoms with E-state index in [1.54, 1.807) is 6.07 Å².